The van der Waals surface area contributed by atoms with Crippen molar-refractivity contribution in [3.05, 3.63) is 70.3 Å². The lowest BCUT2D eigenvalue weighted by molar-refractivity contribution is -0.384. The van der Waals surface area contributed by atoms with Crippen LogP contribution in [-0.4, -0.2) is 16.6 Å². The van der Waals surface area contributed by atoms with Crippen LogP contribution >= 0.6 is 11.8 Å². The van der Waals surface area contributed by atoms with E-state index in [0.717, 1.165) is 4.90 Å². The molecule has 2 aromatic rings. The van der Waals surface area contributed by atoms with Gasteiger partial charge in [-0.15, -0.1) is 11.8 Å². The lowest BCUT2D eigenvalue weighted by Gasteiger charge is -2.08. The molecule has 2 aromatic carbocycles. The Morgan fingerprint density at radius 3 is 2.84 bits per heavy atom. The van der Waals surface area contributed by atoms with Crippen LogP contribution in [0, 0.1) is 21.4 Å². The SMILES string of the molecule is N#CCCSc1ccccc1NC(=O)/C=C/c1cccc([N+](=O)[O-])c1. The molecule has 0 spiro atoms. The van der Waals surface area contributed by atoms with Crippen LogP contribution in [-0.2, 0) is 4.79 Å². The van der Waals surface area contributed by atoms with E-state index in [2.05, 4.69) is 11.4 Å². The largest absolute Gasteiger partial charge is 0.321 e. The predicted molar refractivity (Wildman–Crippen MR) is 98.2 cm³/mol. The molecule has 0 unspecified atom stereocenters. The molecule has 0 radical (unpaired) electrons. The first-order chi connectivity index (χ1) is 12.1. The summed E-state index contributed by atoms with van der Waals surface area (Å²) < 4.78 is 0. The third-order valence-electron chi connectivity index (χ3n) is 3.12. The summed E-state index contributed by atoms with van der Waals surface area (Å²) >= 11 is 1.50. The Morgan fingerprint density at radius 2 is 2.08 bits per heavy atom. The smallest absolute Gasteiger partial charge is 0.270 e. The summed E-state index contributed by atoms with van der Waals surface area (Å²) in [7, 11) is 0. The highest BCUT2D eigenvalue weighted by Gasteiger charge is 2.06. The van der Waals surface area contributed by atoms with E-state index in [1.807, 2.05) is 18.2 Å². The van der Waals surface area contributed by atoms with Gasteiger partial charge < -0.3 is 5.32 Å². The van der Waals surface area contributed by atoms with E-state index in [1.54, 1.807) is 18.2 Å². The molecule has 1 N–H and O–H groups in total. The van der Waals surface area contributed by atoms with Crippen LogP contribution in [0.15, 0.2) is 59.5 Å². The molecule has 0 aromatic heterocycles. The number of nitrogens with zero attached hydrogens (tertiary/aromatic N) is 2. The minimum Gasteiger partial charge on any atom is -0.321 e. The zero-order valence-electron chi connectivity index (χ0n) is 13.2. The summed E-state index contributed by atoms with van der Waals surface area (Å²) in [5.41, 5.74) is 1.21. The number of carbonyl (C=O) groups excluding carboxylic acids is 1. The molecule has 6 nitrogen and oxygen atoms in total. The molecule has 0 heterocycles. The first kappa shape index (κ1) is 18.2. The maximum absolute atomic E-state index is 12.1. The Morgan fingerprint density at radius 1 is 1.28 bits per heavy atom. The topological polar surface area (TPSA) is 96.0 Å². The number of rotatable bonds is 7. The second-order valence-electron chi connectivity index (χ2n) is 4.93. The highest BCUT2D eigenvalue weighted by atomic mass is 32.2. The fourth-order valence-electron chi connectivity index (χ4n) is 1.99. The molecule has 2 rings (SSSR count). The van der Waals surface area contributed by atoms with Crippen LogP contribution in [0.3, 0.4) is 0 Å². The van der Waals surface area contributed by atoms with Gasteiger partial charge in [-0.3, -0.25) is 14.9 Å². The Hall–Kier alpha value is -3.11. The van der Waals surface area contributed by atoms with Crippen molar-refractivity contribution in [1.29, 1.82) is 5.26 Å². The number of hydrogen-bond donors (Lipinski definition) is 1. The molecular weight excluding hydrogens is 338 g/mol. The number of nitro benzene ring substituents is 1. The van der Waals surface area contributed by atoms with Gasteiger partial charge in [0.25, 0.3) is 5.69 Å². The Bertz CT molecular complexity index is 843. The number of anilines is 1. The molecule has 0 aliphatic rings. The molecular formula is C18H15N3O3S. The average molecular weight is 353 g/mol. The van der Waals surface area contributed by atoms with Crippen molar-refractivity contribution in [3.8, 4) is 6.07 Å². The molecule has 7 heteroatoms. The zero-order valence-corrected chi connectivity index (χ0v) is 14.0. The van der Waals surface area contributed by atoms with Gasteiger partial charge in [0.2, 0.25) is 5.91 Å². The van der Waals surface area contributed by atoms with Crippen LogP contribution in [0.5, 0.6) is 0 Å². The molecule has 25 heavy (non-hydrogen) atoms. The quantitative estimate of drug-likeness (QED) is 0.264. The van der Waals surface area contributed by atoms with Crippen molar-refractivity contribution in [2.24, 2.45) is 0 Å². The Balaban J connectivity index is 2.04. The van der Waals surface area contributed by atoms with Gasteiger partial charge in [0.1, 0.15) is 0 Å². The second kappa shape index (κ2) is 9.25. The molecule has 0 atom stereocenters. The fraction of sp³-hybridized carbons (Fsp3) is 0.111. The van der Waals surface area contributed by atoms with Gasteiger partial charge in [-0.1, -0.05) is 24.3 Å². The number of carbonyl (C=O) groups is 1. The van der Waals surface area contributed by atoms with E-state index in [4.69, 9.17) is 5.26 Å². The third-order valence-corrected chi connectivity index (χ3v) is 4.20. The number of amides is 1. The lowest BCUT2D eigenvalue weighted by Crippen LogP contribution is -2.08. The summed E-state index contributed by atoms with van der Waals surface area (Å²) in [4.78, 5) is 23.3. The summed E-state index contributed by atoms with van der Waals surface area (Å²) in [6, 6.07) is 15.5. The summed E-state index contributed by atoms with van der Waals surface area (Å²) in [6.45, 7) is 0. The lowest BCUT2D eigenvalue weighted by atomic mass is 10.2. The van der Waals surface area contributed by atoms with Crippen molar-refractivity contribution in [1.82, 2.24) is 0 Å². The maximum Gasteiger partial charge on any atom is 0.270 e. The molecule has 0 saturated carbocycles. The third kappa shape index (κ3) is 5.79. The summed E-state index contributed by atoms with van der Waals surface area (Å²) in [5, 5.41) is 22.1. The number of benzene rings is 2. The van der Waals surface area contributed by atoms with Crippen molar-refractivity contribution in [2.75, 3.05) is 11.1 Å². The van der Waals surface area contributed by atoms with Crippen LogP contribution in [0.2, 0.25) is 0 Å². The molecule has 0 aliphatic carbocycles. The highest BCUT2D eigenvalue weighted by molar-refractivity contribution is 7.99. The molecule has 1 amide bonds. The van der Waals surface area contributed by atoms with Gasteiger partial charge in [0.05, 0.1) is 16.7 Å². The van der Waals surface area contributed by atoms with Crippen LogP contribution in [0.4, 0.5) is 11.4 Å². The molecule has 0 bridgehead atoms. The minimum atomic E-state index is -0.480. The Kier molecular flexibility index (Phi) is 6.75. The molecule has 0 aliphatic heterocycles. The fourth-order valence-corrected chi connectivity index (χ4v) is 2.85. The van der Waals surface area contributed by atoms with Crippen LogP contribution < -0.4 is 5.32 Å². The first-order valence-electron chi connectivity index (χ1n) is 7.42. The van der Waals surface area contributed by atoms with Gasteiger partial charge >= 0.3 is 0 Å². The first-order valence-corrected chi connectivity index (χ1v) is 8.41. The molecule has 0 saturated heterocycles. The van der Waals surface area contributed by atoms with E-state index in [9.17, 15) is 14.9 Å². The monoisotopic (exact) mass is 353 g/mol. The minimum absolute atomic E-state index is 0.0261. The van der Waals surface area contributed by atoms with Crippen LogP contribution in [0.25, 0.3) is 6.08 Å². The predicted octanol–water partition coefficient (Wildman–Crippen LogP) is 4.25. The molecule has 126 valence electrons. The van der Waals surface area contributed by atoms with Crippen molar-refractivity contribution in [3.63, 3.8) is 0 Å². The Labute approximate surface area is 149 Å². The van der Waals surface area contributed by atoms with E-state index >= 15 is 0 Å². The highest BCUT2D eigenvalue weighted by Crippen LogP contribution is 2.27. The van der Waals surface area contributed by atoms with E-state index in [0.29, 0.717) is 23.4 Å². The number of thioether (sulfide) groups is 1. The number of non-ortho nitro benzene ring substituents is 1. The standard InChI is InChI=1S/C18H15N3O3S/c19-11-4-12-25-17-8-2-1-7-16(17)20-18(22)10-9-14-5-3-6-15(13-14)21(23)24/h1-3,5-10,13H,4,12H2,(H,20,22)/b10-9+. The van der Waals surface area contributed by atoms with Crippen molar-refractivity contribution >= 4 is 35.1 Å². The molecule has 0 fully saturated rings. The van der Waals surface area contributed by atoms with Gasteiger partial charge in [-0.05, 0) is 23.8 Å². The number of nitrogens with one attached hydrogen (secondary N) is 1. The normalized spacial score (nSPS) is 10.4. The van der Waals surface area contributed by atoms with Crippen molar-refractivity contribution in [2.45, 2.75) is 11.3 Å². The summed E-state index contributed by atoms with van der Waals surface area (Å²) in [5.74, 6) is 0.312. The van der Waals surface area contributed by atoms with E-state index in [-0.39, 0.29) is 11.6 Å². The number of hydrogen-bond acceptors (Lipinski definition) is 5. The summed E-state index contributed by atoms with van der Waals surface area (Å²) in [6.07, 6.45) is 3.28. The maximum atomic E-state index is 12.1. The number of nitro groups is 1. The van der Waals surface area contributed by atoms with Crippen molar-refractivity contribution < 1.29 is 9.72 Å². The van der Waals surface area contributed by atoms with Crippen LogP contribution in [0.1, 0.15) is 12.0 Å². The number of nitriles is 1. The second-order valence-corrected chi connectivity index (χ2v) is 6.06. The number of para-hydroxylation sites is 1. The van der Waals surface area contributed by atoms with E-state index < -0.39 is 4.92 Å². The van der Waals surface area contributed by atoms with E-state index in [1.165, 1.54) is 36.0 Å². The average Bonchev–Trinajstić information content (AvgIpc) is 2.62. The van der Waals surface area contributed by atoms with Gasteiger partial charge in [0, 0.05) is 35.3 Å². The zero-order chi connectivity index (χ0) is 18.1. The van der Waals surface area contributed by atoms with Gasteiger partial charge in [0.15, 0.2) is 0 Å². The van der Waals surface area contributed by atoms with Gasteiger partial charge in [-0.2, -0.15) is 5.26 Å². The van der Waals surface area contributed by atoms with Gasteiger partial charge in [-0.25, -0.2) is 0 Å².